The summed E-state index contributed by atoms with van der Waals surface area (Å²) in [5.41, 5.74) is 0.809. The third kappa shape index (κ3) is 2.17. The van der Waals surface area contributed by atoms with Crippen LogP contribution in [-0.4, -0.2) is 14.7 Å². The number of hydrogen-bond donors (Lipinski definition) is 0. The summed E-state index contributed by atoms with van der Waals surface area (Å²) >= 11 is 0. The first kappa shape index (κ1) is 11.0. The fourth-order valence-corrected chi connectivity index (χ4v) is 2.14. The molecule has 0 amide bonds. The van der Waals surface area contributed by atoms with E-state index in [1.165, 1.54) is 0 Å². The fraction of sp³-hybridized carbons (Fsp3) is 0.167. The SMILES string of the molecule is Cc1ccc2ccccc2c1OS(C)(=O)=O. The Hall–Kier alpha value is -1.55. The summed E-state index contributed by atoms with van der Waals surface area (Å²) in [4.78, 5) is 0. The van der Waals surface area contributed by atoms with Crippen LogP contribution in [0.25, 0.3) is 10.8 Å². The van der Waals surface area contributed by atoms with Crippen LogP contribution < -0.4 is 4.18 Å². The normalized spacial score (nSPS) is 11.6. The summed E-state index contributed by atoms with van der Waals surface area (Å²) in [7, 11) is -3.49. The lowest BCUT2D eigenvalue weighted by atomic mass is 10.1. The Morgan fingerprint density at radius 1 is 1.06 bits per heavy atom. The van der Waals surface area contributed by atoms with Crippen LogP contribution in [0, 0.1) is 6.92 Å². The molecule has 0 saturated heterocycles. The van der Waals surface area contributed by atoms with Gasteiger partial charge in [-0.2, -0.15) is 8.42 Å². The molecule has 0 aliphatic rings. The minimum absolute atomic E-state index is 0.417. The van der Waals surface area contributed by atoms with Gasteiger partial charge in [0.2, 0.25) is 0 Å². The molecular weight excluding hydrogens is 224 g/mol. The second kappa shape index (κ2) is 3.79. The van der Waals surface area contributed by atoms with E-state index in [4.69, 9.17) is 4.18 Å². The van der Waals surface area contributed by atoms with E-state index in [-0.39, 0.29) is 0 Å². The van der Waals surface area contributed by atoms with Crippen LogP contribution in [0.15, 0.2) is 36.4 Å². The predicted octanol–water partition coefficient (Wildman–Crippen LogP) is 2.49. The van der Waals surface area contributed by atoms with Crippen LogP contribution >= 0.6 is 0 Å². The number of aryl methyl sites for hydroxylation is 1. The summed E-state index contributed by atoms with van der Waals surface area (Å²) in [6, 6.07) is 11.3. The molecule has 2 rings (SSSR count). The first-order chi connectivity index (χ1) is 7.47. The van der Waals surface area contributed by atoms with Crippen molar-refractivity contribution in [2.75, 3.05) is 6.26 Å². The van der Waals surface area contributed by atoms with Gasteiger partial charge < -0.3 is 4.18 Å². The molecule has 0 aliphatic heterocycles. The summed E-state index contributed by atoms with van der Waals surface area (Å²) in [6.07, 6.45) is 1.05. The molecule has 0 bridgehead atoms. The smallest absolute Gasteiger partial charge is 0.306 e. The average Bonchev–Trinajstić information content (AvgIpc) is 2.21. The van der Waals surface area contributed by atoms with Crippen LogP contribution in [0.1, 0.15) is 5.56 Å². The van der Waals surface area contributed by atoms with Gasteiger partial charge in [0.15, 0.2) is 5.75 Å². The van der Waals surface area contributed by atoms with E-state index in [0.717, 1.165) is 22.6 Å². The van der Waals surface area contributed by atoms with E-state index in [2.05, 4.69) is 0 Å². The van der Waals surface area contributed by atoms with Crippen molar-refractivity contribution in [3.63, 3.8) is 0 Å². The highest BCUT2D eigenvalue weighted by molar-refractivity contribution is 7.86. The van der Waals surface area contributed by atoms with Crippen molar-refractivity contribution < 1.29 is 12.6 Å². The molecule has 84 valence electrons. The van der Waals surface area contributed by atoms with Gasteiger partial charge in [-0.1, -0.05) is 36.4 Å². The molecule has 0 aliphatic carbocycles. The highest BCUT2D eigenvalue weighted by atomic mass is 32.2. The lowest BCUT2D eigenvalue weighted by molar-refractivity contribution is 0.494. The van der Waals surface area contributed by atoms with Gasteiger partial charge in [-0.3, -0.25) is 0 Å². The molecule has 2 aromatic carbocycles. The number of rotatable bonds is 2. The fourth-order valence-electron chi connectivity index (χ4n) is 1.61. The quantitative estimate of drug-likeness (QED) is 0.752. The Morgan fingerprint density at radius 3 is 2.44 bits per heavy atom. The Kier molecular flexibility index (Phi) is 2.59. The molecule has 3 nitrogen and oxygen atoms in total. The minimum atomic E-state index is -3.49. The zero-order valence-electron chi connectivity index (χ0n) is 9.10. The van der Waals surface area contributed by atoms with Crippen molar-refractivity contribution in [2.24, 2.45) is 0 Å². The van der Waals surface area contributed by atoms with Gasteiger partial charge >= 0.3 is 10.1 Å². The van der Waals surface area contributed by atoms with Gasteiger partial charge in [0.25, 0.3) is 0 Å². The molecule has 0 radical (unpaired) electrons. The van der Waals surface area contributed by atoms with Crippen molar-refractivity contribution in [2.45, 2.75) is 6.92 Å². The van der Waals surface area contributed by atoms with Crippen LogP contribution in [0.2, 0.25) is 0 Å². The van der Waals surface area contributed by atoms with Gasteiger partial charge in [0.05, 0.1) is 6.26 Å². The standard InChI is InChI=1S/C12H12O3S/c1-9-7-8-10-5-3-4-6-11(10)12(9)15-16(2,13)14/h3-8H,1-2H3. The lowest BCUT2D eigenvalue weighted by Crippen LogP contribution is -2.07. The van der Waals surface area contributed by atoms with Gasteiger partial charge in [-0.05, 0) is 17.9 Å². The number of hydrogen-bond acceptors (Lipinski definition) is 3. The maximum absolute atomic E-state index is 11.2. The maximum atomic E-state index is 11.2. The molecule has 16 heavy (non-hydrogen) atoms. The monoisotopic (exact) mass is 236 g/mol. The van der Waals surface area contributed by atoms with Crippen LogP contribution in [0.4, 0.5) is 0 Å². The molecule has 0 heterocycles. The zero-order chi connectivity index (χ0) is 11.8. The molecule has 0 aromatic heterocycles. The second-order valence-electron chi connectivity index (χ2n) is 3.72. The highest BCUT2D eigenvalue weighted by Gasteiger charge is 2.11. The molecular formula is C12H12O3S. The molecule has 0 atom stereocenters. The first-order valence-corrected chi connectivity index (χ1v) is 6.67. The summed E-state index contributed by atoms with van der Waals surface area (Å²) < 4.78 is 27.4. The highest BCUT2D eigenvalue weighted by Crippen LogP contribution is 2.30. The van der Waals surface area contributed by atoms with Gasteiger partial charge in [0.1, 0.15) is 0 Å². The van der Waals surface area contributed by atoms with Crippen molar-refractivity contribution in [1.82, 2.24) is 0 Å². The van der Waals surface area contributed by atoms with E-state index in [1.54, 1.807) is 0 Å². The number of benzene rings is 2. The van der Waals surface area contributed by atoms with E-state index in [9.17, 15) is 8.42 Å². The third-order valence-electron chi connectivity index (χ3n) is 2.31. The molecule has 0 spiro atoms. The Morgan fingerprint density at radius 2 is 1.75 bits per heavy atom. The van der Waals surface area contributed by atoms with Crippen molar-refractivity contribution in [3.8, 4) is 5.75 Å². The topological polar surface area (TPSA) is 43.4 Å². The second-order valence-corrected chi connectivity index (χ2v) is 5.30. The molecule has 0 fully saturated rings. The van der Waals surface area contributed by atoms with E-state index in [0.29, 0.717) is 5.75 Å². The van der Waals surface area contributed by atoms with Crippen LogP contribution in [0.3, 0.4) is 0 Å². The summed E-state index contributed by atoms with van der Waals surface area (Å²) in [5, 5.41) is 1.78. The summed E-state index contributed by atoms with van der Waals surface area (Å²) in [5.74, 6) is 0.417. The first-order valence-electron chi connectivity index (χ1n) is 4.85. The largest absolute Gasteiger partial charge is 0.382 e. The van der Waals surface area contributed by atoms with E-state index < -0.39 is 10.1 Å². The molecule has 2 aromatic rings. The third-order valence-corrected chi connectivity index (χ3v) is 2.78. The number of fused-ring (bicyclic) bond motifs is 1. The molecule has 0 unspecified atom stereocenters. The van der Waals surface area contributed by atoms with Crippen molar-refractivity contribution in [1.29, 1.82) is 0 Å². The maximum Gasteiger partial charge on any atom is 0.306 e. The molecule has 0 N–H and O–H groups in total. The minimum Gasteiger partial charge on any atom is -0.382 e. The van der Waals surface area contributed by atoms with Gasteiger partial charge in [-0.15, -0.1) is 0 Å². The average molecular weight is 236 g/mol. The van der Waals surface area contributed by atoms with Crippen LogP contribution in [-0.2, 0) is 10.1 Å². The van der Waals surface area contributed by atoms with Gasteiger partial charge in [-0.25, -0.2) is 0 Å². The van der Waals surface area contributed by atoms with Gasteiger partial charge in [0, 0.05) is 5.39 Å². The van der Waals surface area contributed by atoms with E-state index in [1.807, 2.05) is 43.3 Å². The van der Waals surface area contributed by atoms with E-state index >= 15 is 0 Å². The molecule has 0 saturated carbocycles. The lowest BCUT2D eigenvalue weighted by Gasteiger charge is -2.09. The Balaban J connectivity index is 2.71. The Labute approximate surface area is 94.8 Å². The molecule has 4 heteroatoms. The van der Waals surface area contributed by atoms with Crippen molar-refractivity contribution in [3.05, 3.63) is 42.0 Å². The predicted molar refractivity (Wildman–Crippen MR) is 64.2 cm³/mol. The van der Waals surface area contributed by atoms with Crippen molar-refractivity contribution >= 4 is 20.9 Å². The van der Waals surface area contributed by atoms with Crippen LogP contribution in [0.5, 0.6) is 5.75 Å². The summed E-state index contributed by atoms with van der Waals surface area (Å²) in [6.45, 7) is 1.83. The zero-order valence-corrected chi connectivity index (χ0v) is 9.91. The Bertz CT molecular complexity index is 630.